The molecule has 0 aliphatic rings. The Morgan fingerprint density at radius 2 is 2.00 bits per heavy atom. The van der Waals surface area contributed by atoms with Crippen molar-refractivity contribution in [2.24, 2.45) is 0 Å². The molecule has 118 valence electrons. The molecule has 0 saturated carbocycles. The summed E-state index contributed by atoms with van der Waals surface area (Å²) in [4.78, 5) is 20.2. The Kier molecular flexibility index (Phi) is 3.59. The maximum Gasteiger partial charge on any atom is 0.335 e. The van der Waals surface area contributed by atoms with Gasteiger partial charge in [0.1, 0.15) is 5.69 Å². The molecular formula is C18H13N3O2S. The second kappa shape index (κ2) is 5.90. The monoisotopic (exact) mass is 335 g/mol. The zero-order valence-corrected chi connectivity index (χ0v) is 13.4. The van der Waals surface area contributed by atoms with Gasteiger partial charge >= 0.3 is 5.97 Å². The lowest BCUT2D eigenvalue weighted by Crippen LogP contribution is -2.02. The second-order valence-corrected chi connectivity index (χ2v) is 6.11. The maximum absolute atomic E-state index is 11.2. The van der Waals surface area contributed by atoms with Crippen molar-refractivity contribution >= 4 is 28.3 Å². The summed E-state index contributed by atoms with van der Waals surface area (Å²) in [5.41, 5.74) is 5.50. The van der Waals surface area contributed by atoms with Crippen molar-refractivity contribution in [1.29, 1.82) is 0 Å². The molecule has 2 heterocycles. The predicted molar refractivity (Wildman–Crippen MR) is 93.3 cm³/mol. The smallest absolute Gasteiger partial charge is 0.335 e. The molecule has 5 nitrogen and oxygen atoms in total. The van der Waals surface area contributed by atoms with Crippen molar-refractivity contribution in [3.05, 3.63) is 70.5 Å². The summed E-state index contributed by atoms with van der Waals surface area (Å²) in [6.45, 7) is 0.649. The van der Waals surface area contributed by atoms with Gasteiger partial charge in [-0.1, -0.05) is 30.3 Å². The van der Waals surface area contributed by atoms with E-state index < -0.39 is 5.97 Å². The van der Waals surface area contributed by atoms with Gasteiger partial charge in [0.15, 0.2) is 5.82 Å². The molecule has 4 aromatic rings. The molecule has 0 radical (unpaired) electrons. The average molecular weight is 335 g/mol. The van der Waals surface area contributed by atoms with Crippen molar-refractivity contribution in [2.75, 3.05) is 0 Å². The topological polar surface area (TPSA) is 68.0 Å². The zero-order valence-electron chi connectivity index (χ0n) is 12.6. The summed E-state index contributed by atoms with van der Waals surface area (Å²) in [6.07, 6.45) is 0. The minimum atomic E-state index is -0.954. The van der Waals surface area contributed by atoms with Crippen molar-refractivity contribution in [2.45, 2.75) is 6.54 Å². The normalized spacial score (nSPS) is 11.0. The number of aromatic nitrogens is 3. The Morgan fingerprint density at radius 3 is 2.71 bits per heavy atom. The zero-order chi connectivity index (χ0) is 16.5. The summed E-state index contributed by atoms with van der Waals surface area (Å²) in [5.74, 6) is -0.206. The lowest BCUT2D eigenvalue weighted by molar-refractivity contribution is 0.0697. The molecule has 0 amide bonds. The fourth-order valence-electron chi connectivity index (χ4n) is 2.71. The van der Waals surface area contributed by atoms with Crippen LogP contribution in [0.3, 0.4) is 0 Å². The van der Waals surface area contributed by atoms with E-state index in [-0.39, 0.29) is 5.56 Å². The van der Waals surface area contributed by atoms with E-state index in [1.807, 2.05) is 29.6 Å². The number of hydrogen-bond donors (Lipinski definition) is 1. The van der Waals surface area contributed by atoms with E-state index in [0.29, 0.717) is 12.1 Å². The Labute approximate surface area is 141 Å². The molecule has 0 atom stereocenters. The van der Waals surface area contributed by atoms with Gasteiger partial charge in [-0.2, -0.15) is 0 Å². The molecule has 4 rings (SSSR count). The number of thiazole rings is 1. The van der Waals surface area contributed by atoms with Gasteiger partial charge in [0.25, 0.3) is 0 Å². The first kappa shape index (κ1) is 14.6. The van der Waals surface area contributed by atoms with Crippen LogP contribution in [0.2, 0.25) is 0 Å². The van der Waals surface area contributed by atoms with Crippen LogP contribution in [-0.2, 0) is 6.54 Å². The van der Waals surface area contributed by atoms with Gasteiger partial charge in [0, 0.05) is 11.9 Å². The van der Waals surface area contributed by atoms with E-state index in [4.69, 9.17) is 0 Å². The minimum Gasteiger partial charge on any atom is -0.478 e. The molecule has 6 heteroatoms. The van der Waals surface area contributed by atoms with Crippen LogP contribution in [0.15, 0.2) is 59.4 Å². The van der Waals surface area contributed by atoms with Gasteiger partial charge in [-0.25, -0.2) is 14.8 Å². The highest BCUT2D eigenvalue weighted by atomic mass is 32.1. The molecule has 0 saturated heterocycles. The molecule has 0 fully saturated rings. The number of carbonyl (C=O) groups is 1. The lowest BCUT2D eigenvalue weighted by Gasteiger charge is -2.08. The first-order valence-electron chi connectivity index (χ1n) is 7.38. The SMILES string of the molecule is O=C(O)c1ccc2c(c1)nc(-c1cscn1)n2Cc1ccccc1. The second-order valence-electron chi connectivity index (χ2n) is 5.39. The standard InChI is InChI=1S/C18H13N3O2S/c22-18(23)13-6-7-16-14(8-13)20-17(15-10-24-11-19-15)21(16)9-12-4-2-1-3-5-12/h1-8,10-11H,9H2,(H,22,23). The molecule has 24 heavy (non-hydrogen) atoms. The van der Waals surface area contributed by atoms with Gasteiger partial charge in [-0.15, -0.1) is 11.3 Å². The van der Waals surface area contributed by atoms with Crippen LogP contribution in [0.4, 0.5) is 0 Å². The Balaban J connectivity index is 1.91. The minimum absolute atomic E-state index is 0.233. The van der Waals surface area contributed by atoms with Crippen LogP contribution in [0.25, 0.3) is 22.6 Å². The first-order valence-corrected chi connectivity index (χ1v) is 8.33. The third-order valence-corrected chi connectivity index (χ3v) is 4.43. The number of carboxylic acids is 1. The number of rotatable bonds is 4. The molecule has 0 aliphatic carbocycles. The molecule has 0 unspecified atom stereocenters. The van der Waals surface area contributed by atoms with Crippen molar-refractivity contribution in [3.8, 4) is 11.5 Å². The van der Waals surface area contributed by atoms with Crippen LogP contribution in [0.5, 0.6) is 0 Å². The van der Waals surface area contributed by atoms with E-state index in [9.17, 15) is 9.90 Å². The van der Waals surface area contributed by atoms with Gasteiger partial charge in [0.2, 0.25) is 0 Å². The number of carboxylic acid groups (broad SMARTS) is 1. The van der Waals surface area contributed by atoms with E-state index in [1.54, 1.807) is 17.6 Å². The highest BCUT2D eigenvalue weighted by Crippen LogP contribution is 2.26. The van der Waals surface area contributed by atoms with E-state index >= 15 is 0 Å². The van der Waals surface area contributed by atoms with Gasteiger partial charge < -0.3 is 9.67 Å². The van der Waals surface area contributed by atoms with Crippen LogP contribution in [-0.4, -0.2) is 25.6 Å². The summed E-state index contributed by atoms with van der Waals surface area (Å²) in [7, 11) is 0. The molecule has 0 bridgehead atoms. The van der Waals surface area contributed by atoms with Gasteiger partial charge in [-0.3, -0.25) is 0 Å². The number of benzene rings is 2. The fourth-order valence-corrected chi connectivity index (χ4v) is 3.24. The molecule has 0 aliphatic heterocycles. The van der Waals surface area contributed by atoms with E-state index in [0.717, 1.165) is 22.6 Å². The van der Waals surface area contributed by atoms with E-state index in [2.05, 4.69) is 26.7 Å². The van der Waals surface area contributed by atoms with Gasteiger partial charge in [0.05, 0.1) is 22.1 Å². The molecule has 1 N–H and O–H groups in total. The third-order valence-electron chi connectivity index (χ3n) is 3.84. The molecular weight excluding hydrogens is 322 g/mol. The van der Waals surface area contributed by atoms with Gasteiger partial charge in [-0.05, 0) is 23.8 Å². The van der Waals surface area contributed by atoms with Crippen LogP contribution >= 0.6 is 11.3 Å². The Morgan fingerprint density at radius 1 is 1.17 bits per heavy atom. The third kappa shape index (κ3) is 2.57. The van der Waals surface area contributed by atoms with Crippen molar-refractivity contribution in [3.63, 3.8) is 0 Å². The number of fused-ring (bicyclic) bond motifs is 1. The highest BCUT2D eigenvalue weighted by molar-refractivity contribution is 7.07. The molecule has 0 spiro atoms. The largest absolute Gasteiger partial charge is 0.478 e. The number of nitrogens with zero attached hydrogens (tertiary/aromatic N) is 3. The van der Waals surface area contributed by atoms with Crippen LogP contribution in [0.1, 0.15) is 15.9 Å². The lowest BCUT2D eigenvalue weighted by atomic mass is 10.2. The summed E-state index contributed by atoms with van der Waals surface area (Å²) >= 11 is 1.51. The Hall–Kier alpha value is -2.99. The summed E-state index contributed by atoms with van der Waals surface area (Å²) < 4.78 is 2.07. The van der Waals surface area contributed by atoms with Crippen LogP contribution in [0, 0.1) is 0 Å². The number of hydrogen-bond acceptors (Lipinski definition) is 4. The number of aromatic carboxylic acids is 1. The van der Waals surface area contributed by atoms with Crippen molar-refractivity contribution in [1.82, 2.24) is 14.5 Å². The maximum atomic E-state index is 11.2. The molecule has 2 aromatic carbocycles. The summed E-state index contributed by atoms with van der Waals surface area (Å²) in [6, 6.07) is 15.1. The molecule has 2 aromatic heterocycles. The summed E-state index contributed by atoms with van der Waals surface area (Å²) in [5, 5.41) is 11.1. The van der Waals surface area contributed by atoms with Crippen LogP contribution < -0.4 is 0 Å². The van der Waals surface area contributed by atoms with Crippen molar-refractivity contribution < 1.29 is 9.90 Å². The Bertz CT molecular complexity index is 1010. The fraction of sp³-hybridized carbons (Fsp3) is 0.0556. The quantitative estimate of drug-likeness (QED) is 0.614. The number of imidazole rings is 1. The first-order chi connectivity index (χ1) is 11.7. The average Bonchev–Trinajstić information content (AvgIpc) is 3.23. The van der Waals surface area contributed by atoms with E-state index in [1.165, 1.54) is 11.3 Å². The highest BCUT2D eigenvalue weighted by Gasteiger charge is 2.16. The predicted octanol–water partition coefficient (Wildman–Crippen LogP) is 3.91.